The number of halogens is 3. The number of piperazine rings is 1. The van der Waals surface area contributed by atoms with Crippen molar-refractivity contribution in [2.75, 3.05) is 51.0 Å². The van der Waals surface area contributed by atoms with Gasteiger partial charge in [-0.15, -0.1) is 11.3 Å². The average Bonchev–Trinajstić information content (AvgIpc) is 3.37. The molecule has 0 saturated carbocycles. The molecule has 0 amide bonds. The Bertz CT molecular complexity index is 1180. The largest absolute Gasteiger partial charge is 0.378 e. The van der Waals surface area contributed by atoms with Crippen molar-refractivity contribution < 1.29 is 31.4 Å². The second-order valence-electron chi connectivity index (χ2n) is 8.72. The summed E-state index contributed by atoms with van der Waals surface area (Å²) >= 11 is 1.16. The fraction of sp³-hybridized carbons (Fsp3) is 0.478. The Balaban J connectivity index is 1.62. The van der Waals surface area contributed by atoms with Gasteiger partial charge in [0.1, 0.15) is 10.9 Å². The van der Waals surface area contributed by atoms with Crippen molar-refractivity contribution in [1.82, 2.24) is 4.31 Å². The van der Waals surface area contributed by atoms with Crippen molar-refractivity contribution in [3.63, 3.8) is 0 Å². The first-order valence-corrected chi connectivity index (χ1v) is 13.0. The molecule has 1 atom stereocenters. The van der Waals surface area contributed by atoms with Crippen LogP contribution >= 0.6 is 11.3 Å². The van der Waals surface area contributed by atoms with Crippen LogP contribution in [0.1, 0.15) is 18.1 Å². The average molecular weight is 515 g/mol. The first-order valence-electron chi connectivity index (χ1n) is 10.7. The Kier molecular flexibility index (Phi) is 6.99. The number of ether oxygens (including phenoxy) is 1. The van der Waals surface area contributed by atoms with Gasteiger partial charge in [0.05, 0.1) is 24.3 Å². The lowest BCUT2D eigenvalue weighted by Crippen LogP contribution is -2.48. The van der Waals surface area contributed by atoms with Gasteiger partial charge < -0.3 is 14.7 Å². The number of alkyl halides is 3. The van der Waals surface area contributed by atoms with Gasteiger partial charge in [0, 0.05) is 31.7 Å². The fourth-order valence-electron chi connectivity index (χ4n) is 3.85. The number of sulfonamides is 1. The third-order valence-electron chi connectivity index (χ3n) is 6.07. The van der Waals surface area contributed by atoms with Crippen LogP contribution in [0.25, 0.3) is 0 Å². The lowest BCUT2D eigenvalue weighted by atomic mass is 9.88. The molecular weight excluding hydrogens is 489 g/mol. The number of aliphatic hydroxyl groups is 1. The van der Waals surface area contributed by atoms with Gasteiger partial charge in [0.15, 0.2) is 5.60 Å². The van der Waals surface area contributed by atoms with E-state index in [0.717, 1.165) is 11.3 Å². The standard InChI is InChI=1S/C23H25F3N2O4S2/c1-22(15-32-16-22)7-6-17-13-18(23(29,14-24)21(25)26)4-5-19(17)27-8-10-28(11-9-27)34(30,31)20-3-2-12-33-20/h2-5,12-13,21,29H,8-11,14-16H2,1H3. The Morgan fingerprint density at radius 1 is 1.24 bits per heavy atom. The smallest absolute Gasteiger partial charge is 0.273 e. The Morgan fingerprint density at radius 2 is 1.94 bits per heavy atom. The normalized spacial score (nSPS) is 20.4. The van der Waals surface area contributed by atoms with Crippen molar-refractivity contribution in [3.8, 4) is 11.8 Å². The Morgan fingerprint density at radius 3 is 2.47 bits per heavy atom. The molecule has 2 aliphatic rings. The second-order valence-corrected chi connectivity index (χ2v) is 11.8. The summed E-state index contributed by atoms with van der Waals surface area (Å²) in [6.07, 6.45) is -3.31. The topological polar surface area (TPSA) is 70.1 Å². The summed E-state index contributed by atoms with van der Waals surface area (Å²) in [4.78, 5) is 1.92. The summed E-state index contributed by atoms with van der Waals surface area (Å²) in [5, 5.41) is 11.9. The van der Waals surface area contributed by atoms with Crippen LogP contribution in [0.15, 0.2) is 39.9 Å². The quantitative estimate of drug-likeness (QED) is 0.601. The van der Waals surface area contributed by atoms with E-state index in [9.17, 15) is 26.7 Å². The molecular formula is C23H25F3N2O4S2. The van der Waals surface area contributed by atoms with E-state index in [2.05, 4.69) is 11.8 Å². The summed E-state index contributed by atoms with van der Waals surface area (Å²) in [6.45, 7) is 2.37. The molecule has 1 unspecified atom stereocenters. The molecule has 4 rings (SSSR count). The molecule has 2 fully saturated rings. The van der Waals surface area contributed by atoms with Crippen LogP contribution in [0.2, 0.25) is 0 Å². The maximum Gasteiger partial charge on any atom is 0.273 e. The molecule has 1 N–H and O–H groups in total. The van der Waals surface area contributed by atoms with Gasteiger partial charge in [-0.1, -0.05) is 24.0 Å². The minimum Gasteiger partial charge on any atom is -0.378 e. The van der Waals surface area contributed by atoms with Crippen molar-refractivity contribution in [2.24, 2.45) is 5.41 Å². The van der Waals surface area contributed by atoms with Crippen LogP contribution in [-0.4, -0.2) is 70.3 Å². The van der Waals surface area contributed by atoms with Crippen LogP contribution in [0.5, 0.6) is 0 Å². The van der Waals surface area contributed by atoms with Gasteiger partial charge in [-0.2, -0.15) is 4.31 Å². The molecule has 11 heteroatoms. The van der Waals surface area contributed by atoms with Crippen molar-refractivity contribution in [1.29, 1.82) is 0 Å². The van der Waals surface area contributed by atoms with Gasteiger partial charge in [0.2, 0.25) is 0 Å². The summed E-state index contributed by atoms with van der Waals surface area (Å²) in [7, 11) is -3.57. The van der Waals surface area contributed by atoms with Gasteiger partial charge in [-0.25, -0.2) is 21.6 Å². The molecule has 2 aliphatic heterocycles. The molecule has 184 valence electrons. The molecule has 1 aromatic carbocycles. The van der Waals surface area contributed by atoms with E-state index >= 15 is 0 Å². The summed E-state index contributed by atoms with van der Waals surface area (Å²) < 4.78 is 72.9. The third-order valence-corrected chi connectivity index (χ3v) is 9.34. The minimum atomic E-state index is -3.57. The summed E-state index contributed by atoms with van der Waals surface area (Å²) in [5.74, 6) is 6.11. The predicted molar refractivity (Wildman–Crippen MR) is 123 cm³/mol. The number of benzene rings is 1. The second kappa shape index (κ2) is 9.51. The van der Waals surface area contributed by atoms with Crippen LogP contribution < -0.4 is 4.90 Å². The number of hydrogen-bond acceptors (Lipinski definition) is 6. The highest BCUT2D eigenvalue weighted by atomic mass is 32.2. The van der Waals surface area contributed by atoms with E-state index in [4.69, 9.17) is 4.74 Å². The van der Waals surface area contributed by atoms with Crippen LogP contribution in [-0.2, 0) is 20.4 Å². The highest BCUT2D eigenvalue weighted by Crippen LogP contribution is 2.34. The molecule has 0 aliphatic carbocycles. The lowest BCUT2D eigenvalue weighted by molar-refractivity contribution is -0.114. The first kappa shape index (κ1) is 25.0. The minimum absolute atomic E-state index is 0.242. The van der Waals surface area contributed by atoms with E-state index in [1.807, 2.05) is 11.8 Å². The first-order chi connectivity index (χ1) is 16.1. The zero-order chi connectivity index (χ0) is 24.6. The number of anilines is 1. The van der Waals surface area contributed by atoms with Crippen molar-refractivity contribution >= 4 is 27.0 Å². The lowest BCUT2D eigenvalue weighted by Gasteiger charge is -2.36. The van der Waals surface area contributed by atoms with Gasteiger partial charge >= 0.3 is 0 Å². The number of hydrogen-bond donors (Lipinski definition) is 1. The number of thiophene rings is 1. The zero-order valence-corrected chi connectivity index (χ0v) is 20.1. The van der Waals surface area contributed by atoms with E-state index < -0.39 is 28.7 Å². The molecule has 3 heterocycles. The van der Waals surface area contributed by atoms with Crippen LogP contribution in [0, 0.1) is 17.3 Å². The SMILES string of the molecule is CC1(C#Cc2cc(C(O)(CF)C(F)F)ccc2N2CCN(S(=O)(=O)c3cccs3)CC2)COC1. The van der Waals surface area contributed by atoms with Crippen LogP contribution in [0.3, 0.4) is 0 Å². The fourth-order valence-corrected chi connectivity index (χ4v) is 6.41. The molecule has 0 radical (unpaired) electrons. The monoisotopic (exact) mass is 514 g/mol. The molecule has 34 heavy (non-hydrogen) atoms. The third kappa shape index (κ3) is 4.70. The van der Waals surface area contributed by atoms with Gasteiger partial charge in [0.25, 0.3) is 16.4 Å². The van der Waals surface area contributed by atoms with Crippen LogP contribution in [0.4, 0.5) is 18.9 Å². The highest BCUT2D eigenvalue weighted by Gasteiger charge is 2.41. The van der Waals surface area contributed by atoms with Crippen molar-refractivity contribution in [2.45, 2.75) is 23.2 Å². The molecule has 6 nitrogen and oxygen atoms in total. The predicted octanol–water partition coefficient (Wildman–Crippen LogP) is 3.07. The van der Waals surface area contributed by atoms with E-state index in [0.29, 0.717) is 37.6 Å². The van der Waals surface area contributed by atoms with Gasteiger partial charge in [-0.3, -0.25) is 0 Å². The van der Waals surface area contributed by atoms with E-state index in [1.165, 1.54) is 22.5 Å². The molecule has 0 spiro atoms. The zero-order valence-electron chi connectivity index (χ0n) is 18.5. The summed E-state index contributed by atoms with van der Waals surface area (Å²) in [6, 6.07) is 7.36. The maximum absolute atomic E-state index is 13.5. The van der Waals surface area contributed by atoms with Gasteiger partial charge in [-0.05, 0) is 36.1 Å². The van der Waals surface area contributed by atoms with E-state index in [-0.39, 0.29) is 28.3 Å². The highest BCUT2D eigenvalue weighted by molar-refractivity contribution is 7.91. The number of nitrogens with zero attached hydrogens (tertiary/aromatic N) is 2. The summed E-state index contributed by atoms with van der Waals surface area (Å²) in [5.41, 5.74) is -2.57. The molecule has 2 saturated heterocycles. The Hall–Kier alpha value is -2.10. The molecule has 0 bridgehead atoms. The molecule has 2 aromatic rings. The maximum atomic E-state index is 13.5. The number of rotatable bonds is 6. The molecule has 1 aromatic heterocycles. The van der Waals surface area contributed by atoms with E-state index in [1.54, 1.807) is 17.5 Å². The van der Waals surface area contributed by atoms with Crippen molar-refractivity contribution in [3.05, 3.63) is 46.8 Å². The Labute approximate surface area is 201 Å².